The highest BCUT2D eigenvalue weighted by molar-refractivity contribution is 7.80. The number of carbonyl (C=O) groups is 1. The van der Waals surface area contributed by atoms with E-state index >= 15 is 0 Å². The summed E-state index contributed by atoms with van der Waals surface area (Å²) in [6, 6.07) is 11.5. The van der Waals surface area contributed by atoms with Crippen molar-refractivity contribution in [3.63, 3.8) is 0 Å². The van der Waals surface area contributed by atoms with Crippen LogP contribution in [0.3, 0.4) is 0 Å². The molecule has 0 unspecified atom stereocenters. The number of thiocarbonyl (C=S) groups is 1. The Balaban J connectivity index is 1.77. The van der Waals surface area contributed by atoms with E-state index in [2.05, 4.69) is 15.6 Å². The third kappa shape index (κ3) is 4.27. The molecule has 0 bridgehead atoms. The number of aromatic nitrogens is 1. The summed E-state index contributed by atoms with van der Waals surface area (Å²) < 4.78 is 5.13. The lowest BCUT2D eigenvalue weighted by atomic mass is 9.93. The molecule has 0 aliphatic heterocycles. The molecule has 2 N–H and O–H groups in total. The molecular formula is C21H25N3O2S. The smallest absolute Gasteiger partial charge is 0.338 e. The summed E-state index contributed by atoms with van der Waals surface area (Å²) >= 11 is 5.60. The third-order valence-electron chi connectivity index (χ3n) is 5.04. The van der Waals surface area contributed by atoms with Crippen LogP contribution in [0.1, 0.15) is 54.2 Å². The largest absolute Gasteiger partial charge is 0.462 e. The van der Waals surface area contributed by atoms with Gasteiger partial charge in [0.15, 0.2) is 5.11 Å². The number of benzene rings is 1. The first-order valence-corrected chi connectivity index (χ1v) is 9.74. The second kappa shape index (κ2) is 8.48. The maximum atomic E-state index is 12.1. The summed E-state index contributed by atoms with van der Waals surface area (Å²) in [5.41, 5.74) is 2.94. The molecule has 1 saturated carbocycles. The Morgan fingerprint density at radius 1 is 1.22 bits per heavy atom. The van der Waals surface area contributed by atoms with Crippen LogP contribution < -0.4 is 10.6 Å². The number of nitrogens with one attached hydrogen (secondary N) is 2. The number of esters is 1. The molecule has 1 aromatic heterocycles. The van der Waals surface area contributed by atoms with Gasteiger partial charge >= 0.3 is 5.97 Å². The number of pyridine rings is 1. The minimum atomic E-state index is -0.321. The molecule has 5 nitrogen and oxygen atoms in total. The SMILES string of the molecule is CCOC(=O)c1cccc(NC(=S)NC2(c3ccccn3)CCCC2)c1C. The maximum Gasteiger partial charge on any atom is 0.338 e. The fraction of sp³-hybridized carbons (Fsp3) is 0.381. The van der Waals surface area contributed by atoms with E-state index in [0.717, 1.165) is 42.6 Å². The molecule has 0 spiro atoms. The van der Waals surface area contributed by atoms with Crippen molar-refractivity contribution >= 4 is 29.0 Å². The van der Waals surface area contributed by atoms with E-state index in [1.165, 1.54) is 0 Å². The van der Waals surface area contributed by atoms with Gasteiger partial charge in [-0.15, -0.1) is 0 Å². The summed E-state index contributed by atoms with van der Waals surface area (Å²) in [5, 5.41) is 7.29. The van der Waals surface area contributed by atoms with Crippen LogP contribution in [0, 0.1) is 6.92 Å². The molecule has 0 atom stereocenters. The van der Waals surface area contributed by atoms with E-state index < -0.39 is 0 Å². The van der Waals surface area contributed by atoms with E-state index in [1.54, 1.807) is 13.0 Å². The van der Waals surface area contributed by atoms with Crippen molar-refractivity contribution in [1.82, 2.24) is 10.3 Å². The second-order valence-electron chi connectivity index (χ2n) is 6.78. The lowest BCUT2D eigenvalue weighted by Gasteiger charge is -2.31. The Hall–Kier alpha value is -2.47. The number of nitrogens with zero attached hydrogens (tertiary/aromatic N) is 1. The van der Waals surface area contributed by atoms with Crippen LogP contribution in [0.4, 0.5) is 5.69 Å². The number of carbonyl (C=O) groups excluding carboxylic acids is 1. The van der Waals surface area contributed by atoms with Crippen LogP contribution in [-0.4, -0.2) is 22.7 Å². The highest BCUT2D eigenvalue weighted by Crippen LogP contribution is 2.37. The molecule has 1 aromatic carbocycles. The molecule has 0 amide bonds. The average molecular weight is 384 g/mol. The molecule has 6 heteroatoms. The molecule has 0 radical (unpaired) electrons. The lowest BCUT2D eigenvalue weighted by molar-refractivity contribution is 0.0525. The normalized spacial score (nSPS) is 15.2. The van der Waals surface area contributed by atoms with Gasteiger partial charge in [-0.3, -0.25) is 4.98 Å². The highest BCUT2D eigenvalue weighted by Gasteiger charge is 2.37. The van der Waals surface area contributed by atoms with Gasteiger partial charge in [-0.1, -0.05) is 25.0 Å². The molecule has 0 saturated heterocycles. The fourth-order valence-corrected chi connectivity index (χ4v) is 3.95. The highest BCUT2D eigenvalue weighted by atomic mass is 32.1. The van der Waals surface area contributed by atoms with E-state index in [4.69, 9.17) is 17.0 Å². The van der Waals surface area contributed by atoms with Gasteiger partial charge < -0.3 is 15.4 Å². The number of hydrogen-bond acceptors (Lipinski definition) is 4. The second-order valence-corrected chi connectivity index (χ2v) is 7.19. The Labute approximate surface area is 165 Å². The van der Waals surface area contributed by atoms with Gasteiger partial charge in [0.05, 0.1) is 23.4 Å². The molecule has 142 valence electrons. The van der Waals surface area contributed by atoms with E-state index in [1.807, 2.05) is 43.5 Å². The van der Waals surface area contributed by atoms with Crippen LogP contribution >= 0.6 is 12.2 Å². The van der Waals surface area contributed by atoms with Crippen LogP contribution in [0.15, 0.2) is 42.6 Å². The standard InChI is InChI=1S/C21H25N3O2S/c1-3-26-19(25)16-9-8-10-17(15(16)2)23-20(27)24-21(12-5-6-13-21)18-11-4-7-14-22-18/h4,7-11,14H,3,5-6,12-13H2,1-2H3,(H2,23,24,27). The zero-order chi connectivity index (χ0) is 19.3. The molecular weight excluding hydrogens is 358 g/mol. The monoisotopic (exact) mass is 383 g/mol. The first-order chi connectivity index (χ1) is 13.1. The molecule has 2 aromatic rings. The molecule has 1 aliphatic rings. The zero-order valence-electron chi connectivity index (χ0n) is 15.7. The molecule has 3 rings (SSSR count). The van der Waals surface area contributed by atoms with Crippen molar-refractivity contribution in [2.45, 2.75) is 45.1 Å². The van der Waals surface area contributed by atoms with Crippen molar-refractivity contribution < 1.29 is 9.53 Å². The number of anilines is 1. The van der Waals surface area contributed by atoms with Crippen molar-refractivity contribution in [2.75, 3.05) is 11.9 Å². The minimum absolute atomic E-state index is 0.238. The Morgan fingerprint density at radius 3 is 2.67 bits per heavy atom. The summed E-state index contributed by atoms with van der Waals surface area (Å²) in [5.74, 6) is -0.321. The number of ether oxygens (including phenoxy) is 1. The first kappa shape index (κ1) is 19.3. The number of hydrogen-bond donors (Lipinski definition) is 2. The van der Waals surface area contributed by atoms with E-state index in [9.17, 15) is 4.79 Å². The lowest BCUT2D eigenvalue weighted by Crippen LogP contribution is -2.46. The minimum Gasteiger partial charge on any atom is -0.462 e. The first-order valence-electron chi connectivity index (χ1n) is 9.33. The van der Waals surface area contributed by atoms with Gasteiger partial charge in [0.25, 0.3) is 0 Å². The van der Waals surface area contributed by atoms with Crippen LogP contribution in [0.2, 0.25) is 0 Å². The molecule has 1 heterocycles. The van der Waals surface area contributed by atoms with Crippen molar-refractivity contribution in [3.8, 4) is 0 Å². The van der Waals surface area contributed by atoms with E-state index in [0.29, 0.717) is 17.3 Å². The van der Waals surface area contributed by atoms with Gasteiger partial charge in [-0.2, -0.15) is 0 Å². The van der Waals surface area contributed by atoms with Gasteiger partial charge in [0.1, 0.15) is 0 Å². The number of rotatable bonds is 5. The quantitative estimate of drug-likeness (QED) is 0.592. The molecule has 1 fully saturated rings. The van der Waals surface area contributed by atoms with Gasteiger partial charge in [0.2, 0.25) is 0 Å². The summed E-state index contributed by atoms with van der Waals surface area (Å²) in [4.78, 5) is 16.7. The Bertz CT molecular complexity index is 817. The third-order valence-corrected chi connectivity index (χ3v) is 5.25. The van der Waals surface area contributed by atoms with Crippen molar-refractivity contribution in [1.29, 1.82) is 0 Å². The van der Waals surface area contributed by atoms with Gasteiger partial charge in [0, 0.05) is 11.9 Å². The Kier molecular flexibility index (Phi) is 6.06. The molecule has 27 heavy (non-hydrogen) atoms. The van der Waals surface area contributed by atoms with Crippen LogP contribution in [0.25, 0.3) is 0 Å². The van der Waals surface area contributed by atoms with Gasteiger partial charge in [-0.05, 0) is 68.7 Å². The van der Waals surface area contributed by atoms with Crippen LogP contribution in [0.5, 0.6) is 0 Å². The fourth-order valence-electron chi connectivity index (χ4n) is 3.64. The Morgan fingerprint density at radius 2 is 2.00 bits per heavy atom. The summed E-state index contributed by atoms with van der Waals surface area (Å²) in [6.07, 6.45) is 6.09. The van der Waals surface area contributed by atoms with E-state index in [-0.39, 0.29) is 11.5 Å². The summed E-state index contributed by atoms with van der Waals surface area (Å²) in [6.45, 7) is 4.04. The zero-order valence-corrected chi connectivity index (χ0v) is 16.6. The summed E-state index contributed by atoms with van der Waals surface area (Å²) in [7, 11) is 0. The predicted molar refractivity (Wildman–Crippen MR) is 111 cm³/mol. The average Bonchev–Trinajstić information content (AvgIpc) is 3.14. The molecule has 1 aliphatic carbocycles. The van der Waals surface area contributed by atoms with Crippen LogP contribution in [-0.2, 0) is 10.3 Å². The van der Waals surface area contributed by atoms with Crippen molar-refractivity contribution in [3.05, 3.63) is 59.4 Å². The maximum absolute atomic E-state index is 12.1. The van der Waals surface area contributed by atoms with Gasteiger partial charge in [-0.25, -0.2) is 4.79 Å². The topological polar surface area (TPSA) is 63.2 Å². The van der Waals surface area contributed by atoms with Crippen molar-refractivity contribution in [2.24, 2.45) is 0 Å². The predicted octanol–water partition coefficient (Wildman–Crippen LogP) is 4.32.